The van der Waals surface area contributed by atoms with Crippen molar-refractivity contribution in [3.63, 3.8) is 0 Å². The van der Waals surface area contributed by atoms with Gasteiger partial charge in [0, 0.05) is 39.1 Å². The molecule has 0 bridgehead atoms. The van der Waals surface area contributed by atoms with Gasteiger partial charge in [0.15, 0.2) is 0 Å². The van der Waals surface area contributed by atoms with Crippen LogP contribution in [-0.2, 0) is 11.3 Å². The van der Waals surface area contributed by atoms with Crippen LogP contribution in [0, 0.1) is 6.92 Å². The van der Waals surface area contributed by atoms with E-state index in [-0.39, 0.29) is 11.7 Å². The van der Waals surface area contributed by atoms with E-state index >= 15 is 0 Å². The van der Waals surface area contributed by atoms with Crippen molar-refractivity contribution in [3.05, 3.63) is 101 Å². The number of benzene rings is 3. The van der Waals surface area contributed by atoms with E-state index in [4.69, 9.17) is 11.6 Å². The number of fused-ring (bicyclic) bond motifs is 1. The average molecular weight is 448 g/mol. The van der Waals surface area contributed by atoms with E-state index in [0.29, 0.717) is 5.02 Å². The minimum absolute atomic E-state index is 0.153. The maximum atomic E-state index is 12.1. The molecule has 0 atom stereocenters. The molecule has 0 spiro atoms. The first-order valence-corrected chi connectivity index (χ1v) is 11.3. The van der Waals surface area contributed by atoms with E-state index in [9.17, 15) is 4.79 Å². The number of para-hydroxylation sites is 1. The Morgan fingerprint density at radius 2 is 1.81 bits per heavy atom. The second kappa shape index (κ2) is 9.86. The summed E-state index contributed by atoms with van der Waals surface area (Å²) in [5.41, 5.74) is 7.20. The number of aryl methyl sites for hydroxylation is 1. The van der Waals surface area contributed by atoms with Gasteiger partial charge in [0.2, 0.25) is 5.91 Å². The van der Waals surface area contributed by atoms with Crippen molar-refractivity contribution in [2.75, 3.05) is 5.75 Å². The monoisotopic (exact) mass is 447 g/mol. The molecule has 1 aromatic heterocycles. The third-order valence-electron chi connectivity index (χ3n) is 4.87. The predicted molar refractivity (Wildman–Crippen MR) is 130 cm³/mol. The molecule has 0 fully saturated rings. The molecule has 4 aromatic rings. The number of rotatable bonds is 7. The topological polar surface area (TPSA) is 46.4 Å². The Balaban J connectivity index is 1.42. The van der Waals surface area contributed by atoms with Gasteiger partial charge in [0.25, 0.3) is 0 Å². The lowest BCUT2D eigenvalue weighted by Crippen LogP contribution is -2.19. The van der Waals surface area contributed by atoms with Crippen LogP contribution in [0.5, 0.6) is 0 Å². The maximum absolute atomic E-state index is 12.1. The van der Waals surface area contributed by atoms with Gasteiger partial charge < -0.3 is 4.57 Å². The summed E-state index contributed by atoms with van der Waals surface area (Å²) >= 11 is 7.33. The summed E-state index contributed by atoms with van der Waals surface area (Å²) in [4.78, 5) is 13.1. The first-order valence-electron chi connectivity index (χ1n) is 9.92. The number of carbonyl (C=O) groups excluding carboxylic acids is 1. The molecular formula is C25H22ClN3OS. The molecule has 0 saturated heterocycles. The van der Waals surface area contributed by atoms with Gasteiger partial charge in [-0.15, -0.1) is 11.8 Å². The molecule has 156 valence electrons. The van der Waals surface area contributed by atoms with Gasteiger partial charge in [-0.2, -0.15) is 5.10 Å². The number of nitrogens with zero attached hydrogens (tertiary/aromatic N) is 2. The van der Waals surface area contributed by atoms with Gasteiger partial charge in [-0.25, -0.2) is 5.43 Å². The third kappa shape index (κ3) is 5.57. The molecule has 0 aliphatic carbocycles. The minimum atomic E-state index is -0.153. The SMILES string of the molecule is Cc1ccc(Cn2cc(/C=N\NC(=O)CSc3ccc(Cl)cc3)c3ccccc32)cc1. The van der Waals surface area contributed by atoms with Gasteiger partial charge in [-0.05, 0) is 42.8 Å². The van der Waals surface area contributed by atoms with Crippen LogP contribution >= 0.6 is 23.4 Å². The van der Waals surface area contributed by atoms with Crippen molar-refractivity contribution in [3.8, 4) is 0 Å². The largest absolute Gasteiger partial charge is 0.342 e. The molecule has 0 aliphatic heterocycles. The highest BCUT2D eigenvalue weighted by molar-refractivity contribution is 8.00. The maximum Gasteiger partial charge on any atom is 0.250 e. The lowest BCUT2D eigenvalue weighted by atomic mass is 10.1. The molecule has 4 nitrogen and oxygen atoms in total. The fourth-order valence-corrected chi connectivity index (χ4v) is 4.10. The molecule has 1 N–H and O–H groups in total. The number of amides is 1. The van der Waals surface area contributed by atoms with Crippen molar-refractivity contribution >= 4 is 46.4 Å². The molecule has 1 amide bonds. The van der Waals surface area contributed by atoms with Crippen LogP contribution in [-0.4, -0.2) is 22.4 Å². The Morgan fingerprint density at radius 3 is 2.58 bits per heavy atom. The molecule has 4 rings (SSSR count). The summed E-state index contributed by atoms with van der Waals surface area (Å²) in [6.45, 7) is 2.87. The number of hydrazone groups is 1. The lowest BCUT2D eigenvalue weighted by Gasteiger charge is -2.06. The molecule has 3 aromatic carbocycles. The van der Waals surface area contributed by atoms with E-state index in [2.05, 4.69) is 64.6 Å². The van der Waals surface area contributed by atoms with Crippen molar-refractivity contribution < 1.29 is 4.79 Å². The Bertz CT molecular complexity index is 1210. The summed E-state index contributed by atoms with van der Waals surface area (Å²) in [7, 11) is 0. The van der Waals surface area contributed by atoms with E-state index in [1.54, 1.807) is 6.21 Å². The van der Waals surface area contributed by atoms with Crippen LogP contribution in [0.4, 0.5) is 0 Å². The van der Waals surface area contributed by atoms with Crippen molar-refractivity contribution in [1.29, 1.82) is 0 Å². The lowest BCUT2D eigenvalue weighted by molar-refractivity contribution is -0.118. The second-order valence-corrected chi connectivity index (χ2v) is 8.74. The van der Waals surface area contributed by atoms with E-state index in [1.165, 1.54) is 22.9 Å². The van der Waals surface area contributed by atoms with Crippen molar-refractivity contribution in [2.45, 2.75) is 18.4 Å². The normalized spacial score (nSPS) is 11.3. The van der Waals surface area contributed by atoms with E-state index in [1.807, 2.05) is 36.4 Å². The Labute approximate surface area is 190 Å². The zero-order valence-electron chi connectivity index (χ0n) is 17.1. The predicted octanol–water partition coefficient (Wildman–Crippen LogP) is 5.89. The zero-order valence-corrected chi connectivity index (χ0v) is 18.7. The molecule has 0 unspecified atom stereocenters. The fourth-order valence-electron chi connectivity index (χ4n) is 3.28. The van der Waals surface area contributed by atoms with Gasteiger partial charge in [-0.3, -0.25) is 4.79 Å². The summed E-state index contributed by atoms with van der Waals surface area (Å²) in [5.74, 6) is 0.133. The second-order valence-electron chi connectivity index (χ2n) is 7.25. The smallest absolute Gasteiger partial charge is 0.250 e. The van der Waals surface area contributed by atoms with Crippen LogP contribution < -0.4 is 5.43 Å². The number of nitrogens with one attached hydrogen (secondary N) is 1. The standard InChI is InChI=1S/C25H22ClN3OS/c1-18-6-8-19(9-7-18)15-29-16-20(23-4-2-3-5-24(23)29)14-27-28-25(30)17-31-22-12-10-21(26)11-13-22/h2-14,16H,15,17H2,1H3,(H,28,30)/b27-14-. The number of thioether (sulfide) groups is 1. The number of carbonyl (C=O) groups is 1. The van der Waals surface area contributed by atoms with Crippen LogP contribution in [0.1, 0.15) is 16.7 Å². The Morgan fingerprint density at radius 1 is 1.06 bits per heavy atom. The van der Waals surface area contributed by atoms with Crippen LogP contribution in [0.15, 0.2) is 89.0 Å². The number of halogens is 1. The minimum Gasteiger partial charge on any atom is -0.342 e. The summed E-state index contributed by atoms with van der Waals surface area (Å²) in [5, 5.41) is 5.96. The van der Waals surface area contributed by atoms with Crippen molar-refractivity contribution in [1.82, 2.24) is 9.99 Å². The van der Waals surface area contributed by atoms with E-state index in [0.717, 1.165) is 27.9 Å². The van der Waals surface area contributed by atoms with Crippen LogP contribution in [0.25, 0.3) is 10.9 Å². The molecule has 1 heterocycles. The highest BCUT2D eigenvalue weighted by atomic mass is 35.5. The van der Waals surface area contributed by atoms with Crippen LogP contribution in [0.3, 0.4) is 0 Å². The van der Waals surface area contributed by atoms with Gasteiger partial charge in [-0.1, -0.05) is 59.6 Å². The number of hydrogen-bond acceptors (Lipinski definition) is 3. The fraction of sp³-hybridized carbons (Fsp3) is 0.120. The number of hydrogen-bond donors (Lipinski definition) is 1. The first-order chi connectivity index (χ1) is 15.1. The highest BCUT2D eigenvalue weighted by Crippen LogP contribution is 2.22. The molecular weight excluding hydrogens is 426 g/mol. The molecule has 0 radical (unpaired) electrons. The van der Waals surface area contributed by atoms with Crippen molar-refractivity contribution in [2.24, 2.45) is 5.10 Å². The van der Waals surface area contributed by atoms with Gasteiger partial charge >= 0.3 is 0 Å². The zero-order chi connectivity index (χ0) is 21.6. The molecule has 0 aliphatic rings. The molecule has 6 heteroatoms. The van der Waals surface area contributed by atoms with Gasteiger partial charge in [0.05, 0.1) is 12.0 Å². The average Bonchev–Trinajstić information content (AvgIpc) is 3.12. The molecule has 31 heavy (non-hydrogen) atoms. The first kappa shape index (κ1) is 21.2. The molecule has 0 saturated carbocycles. The summed E-state index contributed by atoms with van der Waals surface area (Å²) in [6.07, 6.45) is 3.78. The number of aromatic nitrogens is 1. The third-order valence-corrected chi connectivity index (χ3v) is 6.13. The van der Waals surface area contributed by atoms with Gasteiger partial charge in [0.1, 0.15) is 0 Å². The Hall–Kier alpha value is -3.02. The van der Waals surface area contributed by atoms with E-state index < -0.39 is 0 Å². The Kier molecular flexibility index (Phi) is 6.75. The summed E-state index contributed by atoms with van der Waals surface area (Å²) < 4.78 is 2.21. The quantitative estimate of drug-likeness (QED) is 0.218. The van der Waals surface area contributed by atoms with Crippen LogP contribution in [0.2, 0.25) is 5.02 Å². The highest BCUT2D eigenvalue weighted by Gasteiger charge is 2.08. The summed E-state index contributed by atoms with van der Waals surface area (Å²) in [6, 6.07) is 24.2.